The standard InChI is InChI=1S/C14H26N2OS/c1-5-8-12(15-9-6-2)13(7-3)18-14-16-11(4)10-17-14/h10,12-13,15H,5-9H2,1-4H3. The normalized spacial score (nSPS) is 14.7. The Labute approximate surface area is 115 Å². The van der Waals surface area contributed by atoms with Gasteiger partial charge in [-0.2, -0.15) is 0 Å². The molecule has 0 saturated carbocycles. The summed E-state index contributed by atoms with van der Waals surface area (Å²) in [6.45, 7) is 9.75. The van der Waals surface area contributed by atoms with Gasteiger partial charge in [-0.15, -0.1) is 0 Å². The van der Waals surface area contributed by atoms with E-state index in [0.717, 1.165) is 23.9 Å². The van der Waals surface area contributed by atoms with E-state index in [2.05, 4.69) is 31.1 Å². The fourth-order valence-electron chi connectivity index (χ4n) is 2.03. The number of aryl methyl sites for hydroxylation is 1. The highest BCUT2D eigenvalue weighted by atomic mass is 32.2. The number of nitrogens with zero attached hydrogens (tertiary/aromatic N) is 1. The van der Waals surface area contributed by atoms with Gasteiger partial charge in [0.05, 0.1) is 5.69 Å². The lowest BCUT2D eigenvalue weighted by Crippen LogP contribution is -2.38. The quantitative estimate of drug-likeness (QED) is 0.688. The van der Waals surface area contributed by atoms with Crippen molar-refractivity contribution in [1.82, 2.24) is 10.3 Å². The van der Waals surface area contributed by atoms with Gasteiger partial charge in [-0.3, -0.25) is 0 Å². The first kappa shape index (κ1) is 15.6. The minimum atomic E-state index is 0.537. The van der Waals surface area contributed by atoms with E-state index in [-0.39, 0.29) is 0 Å². The minimum absolute atomic E-state index is 0.537. The molecular formula is C14H26N2OS. The number of rotatable bonds is 9. The van der Waals surface area contributed by atoms with Crippen molar-refractivity contribution in [2.45, 2.75) is 69.9 Å². The van der Waals surface area contributed by atoms with Gasteiger partial charge in [-0.05, 0) is 32.7 Å². The van der Waals surface area contributed by atoms with Crippen LogP contribution in [-0.4, -0.2) is 22.8 Å². The van der Waals surface area contributed by atoms with Crippen LogP contribution in [0.3, 0.4) is 0 Å². The van der Waals surface area contributed by atoms with E-state index in [1.54, 1.807) is 18.0 Å². The van der Waals surface area contributed by atoms with Crippen molar-refractivity contribution in [2.75, 3.05) is 6.54 Å². The van der Waals surface area contributed by atoms with Gasteiger partial charge in [0.2, 0.25) is 0 Å². The average Bonchev–Trinajstić information content (AvgIpc) is 2.77. The first-order chi connectivity index (χ1) is 8.71. The molecule has 18 heavy (non-hydrogen) atoms. The van der Waals surface area contributed by atoms with Crippen LogP contribution in [0, 0.1) is 6.92 Å². The molecule has 104 valence electrons. The zero-order valence-electron chi connectivity index (χ0n) is 12.0. The molecule has 0 aliphatic heterocycles. The van der Waals surface area contributed by atoms with Crippen molar-refractivity contribution < 1.29 is 4.42 Å². The molecule has 0 aromatic carbocycles. The summed E-state index contributed by atoms with van der Waals surface area (Å²) < 4.78 is 5.45. The molecule has 0 radical (unpaired) electrons. The van der Waals surface area contributed by atoms with Crippen LogP contribution in [-0.2, 0) is 0 Å². The number of hydrogen-bond acceptors (Lipinski definition) is 4. The van der Waals surface area contributed by atoms with Crippen LogP contribution in [0.2, 0.25) is 0 Å². The van der Waals surface area contributed by atoms with Gasteiger partial charge >= 0.3 is 0 Å². The Kier molecular flexibility index (Phi) is 7.44. The molecule has 0 spiro atoms. The molecule has 2 unspecified atom stereocenters. The largest absolute Gasteiger partial charge is 0.440 e. The first-order valence-electron chi connectivity index (χ1n) is 7.03. The number of oxazole rings is 1. The number of thioether (sulfide) groups is 1. The summed E-state index contributed by atoms with van der Waals surface area (Å²) in [6.07, 6.45) is 6.46. The monoisotopic (exact) mass is 270 g/mol. The zero-order chi connectivity index (χ0) is 13.4. The van der Waals surface area contributed by atoms with Gasteiger partial charge in [0.15, 0.2) is 0 Å². The van der Waals surface area contributed by atoms with Crippen molar-refractivity contribution in [3.05, 3.63) is 12.0 Å². The van der Waals surface area contributed by atoms with Gasteiger partial charge < -0.3 is 9.73 Å². The van der Waals surface area contributed by atoms with E-state index in [9.17, 15) is 0 Å². The molecule has 1 rings (SSSR count). The maximum Gasteiger partial charge on any atom is 0.256 e. The first-order valence-corrected chi connectivity index (χ1v) is 7.91. The van der Waals surface area contributed by atoms with Crippen LogP contribution in [0.4, 0.5) is 0 Å². The number of nitrogens with one attached hydrogen (secondary N) is 1. The van der Waals surface area contributed by atoms with Crippen LogP contribution >= 0.6 is 11.8 Å². The average molecular weight is 270 g/mol. The summed E-state index contributed by atoms with van der Waals surface area (Å²) in [4.78, 5) is 4.39. The van der Waals surface area contributed by atoms with Crippen molar-refractivity contribution in [2.24, 2.45) is 0 Å². The molecule has 2 atom stereocenters. The zero-order valence-corrected chi connectivity index (χ0v) is 12.8. The van der Waals surface area contributed by atoms with E-state index in [1.807, 2.05) is 6.92 Å². The second kappa shape index (κ2) is 8.59. The van der Waals surface area contributed by atoms with Crippen LogP contribution in [0.25, 0.3) is 0 Å². The van der Waals surface area contributed by atoms with Crippen molar-refractivity contribution in [3.63, 3.8) is 0 Å². The second-order valence-corrected chi connectivity index (χ2v) is 5.86. The summed E-state index contributed by atoms with van der Waals surface area (Å²) in [5.74, 6) is 0. The maximum atomic E-state index is 5.45. The Morgan fingerprint density at radius 1 is 1.33 bits per heavy atom. The smallest absolute Gasteiger partial charge is 0.256 e. The third kappa shape index (κ3) is 5.02. The summed E-state index contributed by atoms with van der Waals surface area (Å²) in [6, 6.07) is 0.553. The van der Waals surface area contributed by atoms with Crippen LogP contribution in [0.5, 0.6) is 0 Å². The van der Waals surface area contributed by atoms with E-state index in [0.29, 0.717) is 11.3 Å². The Morgan fingerprint density at radius 3 is 2.61 bits per heavy atom. The van der Waals surface area contributed by atoms with Crippen LogP contribution in [0.1, 0.15) is 52.1 Å². The minimum Gasteiger partial charge on any atom is -0.440 e. The van der Waals surface area contributed by atoms with Gasteiger partial charge in [0, 0.05) is 11.3 Å². The van der Waals surface area contributed by atoms with Crippen molar-refractivity contribution in [3.8, 4) is 0 Å². The second-order valence-electron chi connectivity index (χ2n) is 4.67. The van der Waals surface area contributed by atoms with Crippen molar-refractivity contribution >= 4 is 11.8 Å². The lowest BCUT2D eigenvalue weighted by molar-refractivity contribution is 0.435. The van der Waals surface area contributed by atoms with Crippen LogP contribution in [0.15, 0.2) is 15.9 Å². The van der Waals surface area contributed by atoms with Crippen LogP contribution < -0.4 is 5.32 Å². The molecule has 1 N–H and O–H groups in total. The fraction of sp³-hybridized carbons (Fsp3) is 0.786. The molecule has 0 fully saturated rings. The highest BCUT2D eigenvalue weighted by Gasteiger charge is 2.21. The molecule has 0 aliphatic rings. The maximum absolute atomic E-state index is 5.45. The third-order valence-corrected chi connectivity index (χ3v) is 4.31. The predicted molar refractivity (Wildman–Crippen MR) is 78.2 cm³/mol. The molecule has 3 nitrogen and oxygen atoms in total. The Morgan fingerprint density at radius 2 is 2.11 bits per heavy atom. The number of aromatic nitrogens is 1. The molecule has 0 amide bonds. The summed E-state index contributed by atoms with van der Waals surface area (Å²) in [5, 5.41) is 5.00. The van der Waals surface area contributed by atoms with Gasteiger partial charge in [0.25, 0.3) is 5.22 Å². The van der Waals surface area contributed by atoms with Gasteiger partial charge in [0.1, 0.15) is 6.26 Å². The molecule has 4 heteroatoms. The molecule has 1 heterocycles. The molecule has 0 saturated heterocycles. The number of hydrogen-bond donors (Lipinski definition) is 1. The molecule has 1 aromatic heterocycles. The van der Waals surface area contributed by atoms with E-state index in [1.165, 1.54) is 19.3 Å². The Balaban J connectivity index is 2.59. The third-order valence-electron chi connectivity index (χ3n) is 2.96. The lowest BCUT2D eigenvalue weighted by atomic mass is 10.1. The summed E-state index contributed by atoms with van der Waals surface area (Å²) in [7, 11) is 0. The van der Waals surface area contributed by atoms with Crippen molar-refractivity contribution in [1.29, 1.82) is 0 Å². The Bertz CT molecular complexity index is 327. The lowest BCUT2D eigenvalue weighted by Gasteiger charge is -2.25. The highest BCUT2D eigenvalue weighted by molar-refractivity contribution is 7.99. The highest BCUT2D eigenvalue weighted by Crippen LogP contribution is 2.28. The SMILES string of the molecule is CCCNC(CCC)C(CC)Sc1nc(C)co1. The molecule has 0 aliphatic carbocycles. The van der Waals surface area contributed by atoms with E-state index < -0.39 is 0 Å². The topological polar surface area (TPSA) is 38.1 Å². The summed E-state index contributed by atoms with van der Waals surface area (Å²) in [5.41, 5.74) is 0.959. The molecule has 0 bridgehead atoms. The molecular weight excluding hydrogens is 244 g/mol. The van der Waals surface area contributed by atoms with Gasteiger partial charge in [-0.25, -0.2) is 4.98 Å². The van der Waals surface area contributed by atoms with Gasteiger partial charge in [-0.1, -0.05) is 39.0 Å². The summed E-state index contributed by atoms with van der Waals surface area (Å²) >= 11 is 1.77. The van der Waals surface area contributed by atoms with E-state index >= 15 is 0 Å². The molecule has 1 aromatic rings. The van der Waals surface area contributed by atoms with E-state index in [4.69, 9.17) is 4.42 Å². The fourth-order valence-corrected chi connectivity index (χ4v) is 3.15. The Hall–Kier alpha value is -0.480. The predicted octanol–water partition coefficient (Wildman–Crippen LogP) is 4.02.